The number of para-hydroxylation sites is 1. The van der Waals surface area contributed by atoms with E-state index in [4.69, 9.17) is 0 Å². The Balaban J connectivity index is 1.81. The molecule has 2 heterocycles. The van der Waals surface area contributed by atoms with Crippen molar-refractivity contribution in [3.63, 3.8) is 0 Å². The van der Waals surface area contributed by atoms with Crippen molar-refractivity contribution in [1.82, 2.24) is 19.6 Å². The Morgan fingerprint density at radius 1 is 1.10 bits per heavy atom. The first-order chi connectivity index (χ1) is 14.2. The highest BCUT2D eigenvalue weighted by molar-refractivity contribution is 5.92. The Labute approximate surface area is 172 Å². The third kappa shape index (κ3) is 4.29. The molecular formula is C21H24F3N5O. The van der Waals surface area contributed by atoms with Gasteiger partial charge in [0.05, 0.1) is 0 Å². The summed E-state index contributed by atoms with van der Waals surface area (Å²) in [4.78, 5) is 20.2. The molecule has 1 aromatic carbocycles. The fourth-order valence-electron chi connectivity index (χ4n) is 3.53. The monoisotopic (exact) mass is 419 g/mol. The standard InChI is InChI=1S/C21H24F3N5O/c1-5-14-8-7-9-15(6-2)18(14)26-17(30)11-10-16-12(3)25-20-27-19(21(22,23)24)28-29(20)13(16)4/h7-9H,5-6,10-11H2,1-4H3,(H,26,30). The lowest BCUT2D eigenvalue weighted by molar-refractivity contribution is -0.144. The van der Waals surface area contributed by atoms with Gasteiger partial charge in [0, 0.05) is 23.5 Å². The summed E-state index contributed by atoms with van der Waals surface area (Å²) in [6.45, 7) is 7.42. The number of rotatable bonds is 6. The molecule has 0 aliphatic rings. The first-order valence-corrected chi connectivity index (χ1v) is 9.86. The fourth-order valence-corrected chi connectivity index (χ4v) is 3.53. The zero-order valence-corrected chi connectivity index (χ0v) is 17.4. The molecule has 0 spiro atoms. The lowest BCUT2D eigenvalue weighted by atomic mass is 10.0. The first-order valence-electron chi connectivity index (χ1n) is 9.86. The van der Waals surface area contributed by atoms with Crippen LogP contribution in [0.25, 0.3) is 5.78 Å². The van der Waals surface area contributed by atoms with Gasteiger partial charge in [-0.25, -0.2) is 9.50 Å². The number of carbonyl (C=O) groups excluding carboxylic acids is 1. The lowest BCUT2D eigenvalue weighted by Crippen LogP contribution is -2.16. The summed E-state index contributed by atoms with van der Waals surface area (Å²) in [5, 5.41) is 6.55. The summed E-state index contributed by atoms with van der Waals surface area (Å²) >= 11 is 0. The molecule has 0 unspecified atom stereocenters. The van der Waals surface area contributed by atoms with Gasteiger partial charge in [0.2, 0.25) is 5.91 Å². The number of amides is 1. The third-order valence-corrected chi connectivity index (χ3v) is 5.17. The van der Waals surface area contributed by atoms with Crippen LogP contribution >= 0.6 is 0 Å². The summed E-state index contributed by atoms with van der Waals surface area (Å²) < 4.78 is 39.9. The number of benzene rings is 1. The van der Waals surface area contributed by atoms with Crippen LogP contribution in [0.3, 0.4) is 0 Å². The molecule has 3 aromatic rings. The molecule has 3 rings (SSSR count). The smallest absolute Gasteiger partial charge is 0.326 e. The minimum Gasteiger partial charge on any atom is -0.326 e. The highest BCUT2D eigenvalue weighted by Gasteiger charge is 2.37. The highest BCUT2D eigenvalue weighted by atomic mass is 19.4. The van der Waals surface area contributed by atoms with Crippen LogP contribution in [0, 0.1) is 13.8 Å². The first kappa shape index (κ1) is 21.7. The molecule has 1 N–H and O–H groups in total. The van der Waals surface area contributed by atoms with E-state index in [1.165, 1.54) is 0 Å². The number of alkyl halides is 3. The second kappa shape index (κ2) is 8.41. The van der Waals surface area contributed by atoms with E-state index < -0.39 is 12.0 Å². The summed E-state index contributed by atoms with van der Waals surface area (Å²) in [5.41, 5.74) is 4.71. The van der Waals surface area contributed by atoms with E-state index in [0.717, 1.165) is 34.2 Å². The van der Waals surface area contributed by atoms with Gasteiger partial charge in [-0.05, 0) is 49.8 Å². The van der Waals surface area contributed by atoms with Crippen molar-refractivity contribution in [3.8, 4) is 0 Å². The summed E-state index contributed by atoms with van der Waals surface area (Å²) in [6, 6.07) is 5.96. The maximum Gasteiger partial charge on any atom is 0.453 e. The van der Waals surface area contributed by atoms with E-state index in [0.29, 0.717) is 23.4 Å². The molecule has 1 amide bonds. The minimum absolute atomic E-state index is 0.102. The zero-order chi connectivity index (χ0) is 22.1. The number of anilines is 1. The van der Waals surface area contributed by atoms with Gasteiger partial charge in [-0.1, -0.05) is 32.0 Å². The zero-order valence-electron chi connectivity index (χ0n) is 17.4. The molecule has 0 aliphatic heterocycles. The topological polar surface area (TPSA) is 72.2 Å². The van der Waals surface area contributed by atoms with Crippen molar-refractivity contribution in [3.05, 3.63) is 52.1 Å². The number of aromatic nitrogens is 4. The van der Waals surface area contributed by atoms with E-state index in [9.17, 15) is 18.0 Å². The van der Waals surface area contributed by atoms with E-state index in [-0.39, 0.29) is 18.1 Å². The Kier molecular flexibility index (Phi) is 6.09. The maximum absolute atomic E-state index is 12.9. The average molecular weight is 419 g/mol. The van der Waals surface area contributed by atoms with Crippen molar-refractivity contribution in [2.45, 2.75) is 59.6 Å². The van der Waals surface area contributed by atoms with Crippen LogP contribution in [0.15, 0.2) is 18.2 Å². The van der Waals surface area contributed by atoms with Crippen molar-refractivity contribution < 1.29 is 18.0 Å². The van der Waals surface area contributed by atoms with Gasteiger partial charge in [0.1, 0.15) is 0 Å². The van der Waals surface area contributed by atoms with E-state index >= 15 is 0 Å². The molecule has 0 bridgehead atoms. The van der Waals surface area contributed by atoms with Gasteiger partial charge in [-0.3, -0.25) is 4.79 Å². The predicted octanol–water partition coefficient (Wildman–Crippen LogP) is 4.46. The quantitative estimate of drug-likeness (QED) is 0.641. The minimum atomic E-state index is -4.64. The molecular weight excluding hydrogens is 395 g/mol. The number of carbonyl (C=O) groups is 1. The van der Waals surface area contributed by atoms with Gasteiger partial charge < -0.3 is 5.32 Å². The van der Waals surface area contributed by atoms with E-state index in [1.807, 2.05) is 32.0 Å². The molecule has 30 heavy (non-hydrogen) atoms. The summed E-state index contributed by atoms with van der Waals surface area (Å²) in [6.07, 6.45) is -2.52. The van der Waals surface area contributed by atoms with Gasteiger partial charge in [0.25, 0.3) is 11.6 Å². The van der Waals surface area contributed by atoms with Crippen molar-refractivity contribution in [2.24, 2.45) is 0 Å². The summed E-state index contributed by atoms with van der Waals surface area (Å²) in [7, 11) is 0. The summed E-state index contributed by atoms with van der Waals surface area (Å²) in [5.74, 6) is -1.48. The lowest BCUT2D eigenvalue weighted by Gasteiger charge is -2.15. The van der Waals surface area contributed by atoms with Crippen molar-refractivity contribution >= 4 is 17.4 Å². The largest absolute Gasteiger partial charge is 0.453 e. The third-order valence-electron chi connectivity index (χ3n) is 5.17. The molecule has 160 valence electrons. The fraction of sp³-hybridized carbons (Fsp3) is 0.429. The van der Waals surface area contributed by atoms with Crippen LogP contribution in [0.4, 0.5) is 18.9 Å². The Morgan fingerprint density at radius 3 is 2.30 bits per heavy atom. The molecule has 0 saturated heterocycles. The number of fused-ring (bicyclic) bond motifs is 1. The predicted molar refractivity (Wildman–Crippen MR) is 107 cm³/mol. The second-order valence-corrected chi connectivity index (χ2v) is 7.11. The molecule has 0 fully saturated rings. The van der Waals surface area contributed by atoms with E-state index in [2.05, 4.69) is 20.4 Å². The maximum atomic E-state index is 12.9. The molecule has 6 nitrogen and oxygen atoms in total. The molecule has 9 heteroatoms. The molecule has 0 radical (unpaired) electrons. The Morgan fingerprint density at radius 2 is 1.73 bits per heavy atom. The van der Waals surface area contributed by atoms with Crippen LogP contribution in [-0.4, -0.2) is 25.5 Å². The van der Waals surface area contributed by atoms with Gasteiger partial charge in [0.15, 0.2) is 0 Å². The number of nitrogens with one attached hydrogen (secondary N) is 1. The van der Waals surface area contributed by atoms with Crippen LogP contribution in [0.2, 0.25) is 0 Å². The number of hydrogen-bond donors (Lipinski definition) is 1. The van der Waals surface area contributed by atoms with Crippen LogP contribution in [0.5, 0.6) is 0 Å². The molecule has 0 atom stereocenters. The van der Waals surface area contributed by atoms with E-state index in [1.54, 1.807) is 13.8 Å². The van der Waals surface area contributed by atoms with Crippen LogP contribution in [-0.2, 0) is 30.2 Å². The number of halogens is 3. The number of aryl methyl sites for hydroxylation is 4. The van der Waals surface area contributed by atoms with Gasteiger partial charge in [-0.15, -0.1) is 5.10 Å². The van der Waals surface area contributed by atoms with Gasteiger partial charge in [-0.2, -0.15) is 18.2 Å². The number of hydrogen-bond acceptors (Lipinski definition) is 4. The normalized spacial score (nSPS) is 11.8. The Hall–Kier alpha value is -2.97. The van der Waals surface area contributed by atoms with Gasteiger partial charge >= 0.3 is 6.18 Å². The van der Waals surface area contributed by atoms with Crippen LogP contribution in [0.1, 0.15) is 54.2 Å². The molecule has 2 aromatic heterocycles. The highest BCUT2D eigenvalue weighted by Crippen LogP contribution is 2.27. The molecule has 0 aliphatic carbocycles. The van der Waals surface area contributed by atoms with Crippen molar-refractivity contribution in [1.29, 1.82) is 0 Å². The van der Waals surface area contributed by atoms with Crippen molar-refractivity contribution in [2.75, 3.05) is 5.32 Å². The second-order valence-electron chi connectivity index (χ2n) is 7.11. The molecule has 0 saturated carbocycles. The number of nitrogens with zero attached hydrogens (tertiary/aromatic N) is 4. The SMILES string of the molecule is CCc1cccc(CC)c1NC(=O)CCc1c(C)nc2nc(C(F)(F)F)nn2c1C. The average Bonchev–Trinajstić information content (AvgIpc) is 3.12. The van der Waals surface area contributed by atoms with Crippen LogP contribution < -0.4 is 5.32 Å². The Bertz CT molecular complexity index is 1070.